The SMILES string of the molecule is O=C(Nc1cccc(NC(=O)C(F)(F)F)c1)c1cc(Cl)ccc1Cl. The molecule has 2 aromatic carbocycles. The van der Waals surface area contributed by atoms with Gasteiger partial charge >= 0.3 is 12.1 Å². The van der Waals surface area contributed by atoms with Crippen molar-refractivity contribution in [3.05, 3.63) is 58.1 Å². The first-order valence-electron chi connectivity index (χ1n) is 6.41. The van der Waals surface area contributed by atoms with Gasteiger partial charge in [-0.2, -0.15) is 13.2 Å². The van der Waals surface area contributed by atoms with Crippen molar-refractivity contribution in [2.75, 3.05) is 10.6 Å². The monoisotopic (exact) mass is 376 g/mol. The molecule has 2 amide bonds. The first-order valence-corrected chi connectivity index (χ1v) is 7.17. The molecule has 126 valence electrons. The quantitative estimate of drug-likeness (QED) is 0.812. The van der Waals surface area contributed by atoms with Gasteiger partial charge in [0.25, 0.3) is 5.91 Å². The lowest BCUT2D eigenvalue weighted by Crippen LogP contribution is -2.29. The van der Waals surface area contributed by atoms with E-state index in [1.807, 2.05) is 0 Å². The molecule has 0 atom stereocenters. The zero-order valence-electron chi connectivity index (χ0n) is 11.7. The Balaban J connectivity index is 2.16. The topological polar surface area (TPSA) is 58.2 Å². The van der Waals surface area contributed by atoms with Crippen LogP contribution in [0.15, 0.2) is 42.5 Å². The summed E-state index contributed by atoms with van der Waals surface area (Å²) < 4.78 is 36.7. The molecule has 0 spiro atoms. The van der Waals surface area contributed by atoms with Gasteiger partial charge in [0.05, 0.1) is 10.6 Å². The van der Waals surface area contributed by atoms with E-state index in [4.69, 9.17) is 23.2 Å². The van der Waals surface area contributed by atoms with E-state index in [1.54, 1.807) is 5.32 Å². The summed E-state index contributed by atoms with van der Waals surface area (Å²) in [5, 5.41) is 4.62. The molecule has 9 heteroatoms. The lowest BCUT2D eigenvalue weighted by atomic mass is 10.2. The maximum absolute atomic E-state index is 12.2. The van der Waals surface area contributed by atoms with Gasteiger partial charge in [-0.1, -0.05) is 29.3 Å². The van der Waals surface area contributed by atoms with Crippen LogP contribution in [0.2, 0.25) is 10.0 Å². The van der Waals surface area contributed by atoms with Gasteiger partial charge in [0.1, 0.15) is 0 Å². The van der Waals surface area contributed by atoms with Gasteiger partial charge < -0.3 is 10.6 Å². The number of carbonyl (C=O) groups excluding carboxylic acids is 2. The van der Waals surface area contributed by atoms with Crippen molar-refractivity contribution in [2.24, 2.45) is 0 Å². The Morgan fingerprint density at radius 2 is 1.54 bits per heavy atom. The predicted molar refractivity (Wildman–Crippen MR) is 85.5 cm³/mol. The molecule has 2 N–H and O–H groups in total. The summed E-state index contributed by atoms with van der Waals surface area (Å²) in [6.07, 6.45) is -5.01. The van der Waals surface area contributed by atoms with E-state index in [9.17, 15) is 22.8 Å². The van der Waals surface area contributed by atoms with Crippen LogP contribution in [0.25, 0.3) is 0 Å². The summed E-state index contributed by atoms with van der Waals surface area (Å²) in [7, 11) is 0. The third kappa shape index (κ3) is 4.62. The number of halogens is 5. The van der Waals surface area contributed by atoms with Crippen molar-refractivity contribution in [2.45, 2.75) is 6.18 Å². The second-order valence-electron chi connectivity index (χ2n) is 4.61. The second kappa shape index (κ2) is 7.11. The van der Waals surface area contributed by atoms with Gasteiger partial charge in [-0.3, -0.25) is 9.59 Å². The van der Waals surface area contributed by atoms with Crippen LogP contribution >= 0.6 is 23.2 Å². The highest BCUT2D eigenvalue weighted by Crippen LogP contribution is 2.23. The Kier molecular flexibility index (Phi) is 5.36. The molecule has 0 aliphatic rings. The lowest BCUT2D eigenvalue weighted by molar-refractivity contribution is -0.167. The van der Waals surface area contributed by atoms with Crippen molar-refractivity contribution in [1.82, 2.24) is 0 Å². The van der Waals surface area contributed by atoms with Crippen LogP contribution in [-0.4, -0.2) is 18.0 Å². The first kappa shape index (κ1) is 18.1. The number of alkyl halides is 3. The normalized spacial score (nSPS) is 11.0. The van der Waals surface area contributed by atoms with Crippen LogP contribution < -0.4 is 10.6 Å². The highest BCUT2D eigenvalue weighted by atomic mass is 35.5. The summed E-state index contributed by atoms with van der Waals surface area (Å²) >= 11 is 11.7. The van der Waals surface area contributed by atoms with E-state index in [0.29, 0.717) is 5.02 Å². The molecule has 0 saturated carbocycles. The Labute approximate surface area is 144 Å². The minimum atomic E-state index is -5.01. The molecule has 0 aliphatic carbocycles. The molecule has 2 rings (SSSR count). The van der Waals surface area contributed by atoms with Crippen molar-refractivity contribution in [3.63, 3.8) is 0 Å². The molecule has 0 aromatic heterocycles. The summed E-state index contributed by atoms with van der Waals surface area (Å²) in [6.45, 7) is 0. The van der Waals surface area contributed by atoms with Crippen molar-refractivity contribution < 1.29 is 22.8 Å². The molecule has 2 aromatic rings. The van der Waals surface area contributed by atoms with E-state index in [0.717, 1.165) is 0 Å². The summed E-state index contributed by atoms with van der Waals surface area (Å²) in [5.74, 6) is -2.70. The number of anilines is 2. The molecule has 0 heterocycles. The van der Waals surface area contributed by atoms with E-state index in [-0.39, 0.29) is 22.0 Å². The zero-order valence-corrected chi connectivity index (χ0v) is 13.3. The fraction of sp³-hybridized carbons (Fsp3) is 0.0667. The molecule has 0 bridgehead atoms. The minimum absolute atomic E-state index is 0.105. The Hall–Kier alpha value is -2.25. The zero-order chi connectivity index (χ0) is 17.9. The third-order valence-electron chi connectivity index (χ3n) is 2.81. The minimum Gasteiger partial charge on any atom is -0.322 e. The fourth-order valence-electron chi connectivity index (χ4n) is 1.75. The number of nitrogens with one attached hydrogen (secondary N) is 2. The van der Waals surface area contributed by atoms with E-state index in [1.165, 1.54) is 42.5 Å². The largest absolute Gasteiger partial charge is 0.471 e. The number of benzene rings is 2. The Bertz CT molecular complexity index is 795. The van der Waals surface area contributed by atoms with E-state index >= 15 is 0 Å². The van der Waals surface area contributed by atoms with Crippen LogP contribution in [-0.2, 0) is 4.79 Å². The standard InChI is InChI=1S/C15H9Cl2F3N2O2/c16-8-4-5-12(17)11(6-8)13(23)21-9-2-1-3-10(7-9)22-14(24)15(18,19)20/h1-7H,(H,21,23)(H,22,24). The molecule has 0 fully saturated rings. The highest BCUT2D eigenvalue weighted by Gasteiger charge is 2.38. The van der Waals surface area contributed by atoms with Gasteiger partial charge in [0.15, 0.2) is 0 Å². The number of amides is 2. The van der Waals surface area contributed by atoms with Crippen LogP contribution in [0, 0.1) is 0 Å². The van der Waals surface area contributed by atoms with E-state index in [2.05, 4.69) is 5.32 Å². The number of hydrogen-bond donors (Lipinski definition) is 2. The fourth-order valence-corrected chi connectivity index (χ4v) is 2.12. The van der Waals surface area contributed by atoms with Crippen LogP contribution in [0.3, 0.4) is 0 Å². The molecule has 0 aliphatic heterocycles. The van der Waals surface area contributed by atoms with Crippen LogP contribution in [0.4, 0.5) is 24.5 Å². The Morgan fingerprint density at radius 1 is 0.917 bits per heavy atom. The average molecular weight is 377 g/mol. The summed E-state index contributed by atoms with van der Waals surface area (Å²) in [6, 6.07) is 9.56. The lowest BCUT2D eigenvalue weighted by Gasteiger charge is -2.11. The summed E-state index contributed by atoms with van der Waals surface area (Å²) in [4.78, 5) is 23.1. The average Bonchev–Trinajstić information content (AvgIpc) is 2.49. The van der Waals surface area contributed by atoms with Crippen LogP contribution in [0.1, 0.15) is 10.4 Å². The molecule has 0 radical (unpaired) electrons. The molecular weight excluding hydrogens is 368 g/mol. The number of rotatable bonds is 3. The van der Waals surface area contributed by atoms with Gasteiger partial charge in [-0.15, -0.1) is 0 Å². The molecule has 4 nitrogen and oxygen atoms in total. The van der Waals surface area contributed by atoms with E-state index < -0.39 is 18.0 Å². The maximum Gasteiger partial charge on any atom is 0.471 e. The second-order valence-corrected chi connectivity index (χ2v) is 5.45. The molecular formula is C15H9Cl2F3N2O2. The molecule has 24 heavy (non-hydrogen) atoms. The summed E-state index contributed by atoms with van der Waals surface area (Å²) in [5.41, 5.74) is 0.164. The van der Waals surface area contributed by atoms with Gasteiger partial charge in [-0.25, -0.2) is 0 Å². The molecule has 0 saturated heterocycles. The maximum atomic E-state index is 12.2. The Morgan fingerprint density at radius 3 is 2.17 bits per heavy atom. The molecule has 0 unspecified atom stereocenters. The number of hydrogen-bond acceptors (Lipinski definition) is 2. The van der Waals surface area contributed by atoms with Gasteiger partial charge in [0, 0.05) is 16.4 Å². The van der Waals surface area contributed by atoms with Crippen molar-refractivity contribution >= 4 is 46.4 Å². The highest BCUT2D eigenvalue weighted by molar-refractivity contribution is 6.36. The number of carbonyl (C=O) groups is 2. The van der Waals surface area contributed by atoms with Gasteiger partial charge in [0.2, 0.25) is 0 Å². The van der Waals surface area contributed by atoms with Crippen LogP contribution in [0.5, 0.6) is 0 Å². The van der Waals surface area contributed by atoms with Crippen molar-refractivity contribution in [3.8, 4) is 0 Å². The first-order chi connectivity index (χ1) is 11.2. The van der Waals surface area contributed by atoms with Crippen molar-refractivity contribution in [1.29, 1.82) is 0 Å². The predicted octanol–water partition coefficient (Wildman–Crippen LogP) is 4.75. The van der Waals surface area contributed by atoms with Gasteiger partial charge in [-0.05, 0) is 36.4 Å². The smallest absolute Gasteiger partial charge is 0.322 e. The third-order valence-corrected chi connectivity index (χ3v) is 3.37.